The number of nitrogens with zero attached hydrogens (tertiary/aromatic N) is 1. The molecule has 0 aliphatic heterocycles. The molecule has 0 radical (unpaired) electrons. The standard InChI is InChI=1S/C18H13FN2O7/c19-14-4-1-11(6-15(14)21(25)26)20-17(23)9-28-18(24)5-10-8-27-16-7-12(22)2-3-13(10)16/h1-4,6-8,22H,5,9H2,(H,20,23). The van der Waals surface area contributed by atoms with Gasteiger partial charge in [-0.05, 0) is 24.3 Å². The number of hydrogen-bond donors (Lipinski definition) is 2. The number of carbonyl (C=O) groups is 2. The minimum atomic E-state index is -1.03. The minimum absolute atomic E-state index is 0.00483. The molecule has 0 saturated heterocycles. The fraction of sp³-hybridized carbons (Fsp3) is 0.111. The van der Waals surface area contributed by atoms with E-state index in [4.69, 9.17) is 9.15 Å². The van der Waals surface area contributed by atoms with Crippen LogP contribution >= 0.6 is 0 Å². The molecule has 28 heavy (non-hydrogen) atoms. The zero-order chi connectivity index (χ0) is 20.3. The van der Waals surface area contributed by atoms with E-state index in [1.165, 1.54) is 18.4 Å². The predicted molar refractivity (Wildman–Crippen MR) is 94.2 cm³/mol. The number of fused-ring (bicyclic) bond motifs is 1. The topological polar surface area (TPSA) is 132 Å². The number of hydrogen-bond acceptors (Lipinski definition) is 7. The highest BCUT2D eigenvalue weighted by Gasteiger charge is 2.17. The van der Waals surface area contributed by atoms with Gasteiger partial charge in [0.05, 0.1) is 17.6 Å². The van der Waals surface area contributed by atoms with Crippen molar-refractivity contribution in [2.75, 3.05) is 11.9 Å². The molecule has 0 unspecified atom stereocenters. The monoisotopic (exact) mass is 388 g/mol. The largest absolute Gasteiger partial charge is 0.508 e. The lowest BCUT2D eigenvalue weighted by Gasteiger charge is -2.06. The fourth-order valence-corrected chi connectivity index (χ4v) is 2.49. The van der Waals surface area contributed by atoms with Gasteiger partial charge in [-0.25, -0.2) is 0 Å². The number of aromatic hydroxyl groups is 1. The molecule has 0 atom stereocenters. The quantitative estimate of drug-likeness (QED) is 0.377. The number of benzene rings is 2. The molecule has 0 bridgehead atoms. The molecule has 3 aromatic rings. The zero-order valence-corrected chi connectivity index (χ0v) is 14.2. The van der Waals surface area contributed by atoms with Crippen LogP contribution in [0.4, 0.5) is 15.8 Å². The molecule has 10 heteroatoms. The molecule has 0 fully saturated rings. The van der Waals surface area contributed by atoms with E-state index in [0.29, 0.717) is 16.5 Å². The van der Waals surface area contributed by atoms with Crippen LogP contribution in [0.5, 0.6) is 5.75 Å². The number of furan rings is 1. The summed E-state index contributed by atoms with van der Waals surface area (Å²) in [5, 5.41) is 23.0. The number of nitro groups is 1. The second kappa shape index (κ2) is 7.74. The number of rotatable bonds is 6. The number of nitro benzene ring substituents is 1. The summed E-state index contributed by atoms with van der Waals surface area (Å²) >= 11 is 0. The van der Waals surface area contributed by atoms with Crippen molar-refractivity contribution in [1.82, 2.24) is 0 Å². The SMILES string of the molecule is O=C(COC(=O)Cc1coc2cc(O)ccc12)Nc1ccc(F)c([N+](=O)[O-])c1. The summed E-state index contributed by atoms with van der Waals surface area (Å²) in [6, 6.07) is 7.30. The maximum Gasteiger partial charge on any atom is 0.310 e. The first-order valence-corrected chi connectivity index (χ1v) is 7.92. The molecule has 1 aromatic heterocycles. The Bertz CT molecular complexity index is 1080. The maximum atomic E-state index is 13.3. The Morgan fingerprint density at radius 3 is 2.79 bits per heavy atom. The van der Waals surface area contributed by atoms with Gasteiger partial charge in [0.2, 0.25) is 5.82 Å². The Kier molecular flexibility index (Phi) is 5.21. The lowest BCUT2D eigenvalue weighted by molar-refractivity contribution is -0.387. The number of carbonyl (C=O) groups excluding carboxylic acids is 2. The fourth-order valence-electron chi connectivity index (χ4n) is 2.49. The minimum Gasteiger partial charge on any atom is -0.508 e. The number of nitrogens with one attached hydrogen (secondary N) is 1. The molecule has 9 nitrogen and oxygen atoms in total. The highest BCUT2D eigenvalue weighted by atomic mass is 19.1. The average molecular weight is 388 g/mol. The summed E-state index contributed by atoms with van der Waals surface area (Å²) in [6.45, 7) is -0.624. The van der Waals surface area contributed by atoms with Crippen LogP contribution < -0.4 is 5.32 Å². The first-order valence-electron chi connectivity index (χ1n) is 7.92. The highest BCUT2D eigenvalue weighted by molar-refractivity contribution is 5.93. The third-order valence-corrected chi connectivity index (χ3v) is 3.76. The second-order valence-corrected chi connectivity index (χ2v) is 5.75. The summed E-state index contributed by atoms with van der Waals surface area (Å²) in [6.07, 6.45) is 1.19. The van der Waals surface area contributed by atoms with E-state index in [1.807, 2.05) is 0 Å². The predicted octanol–water partition coefficient (Wildman–Crippen LogP) is 2.91. The van der Waals surface area contributed by atoms with Gasteiger partial charge in [-0.1, -0.05) is 0 Å². The Balaban J connectivity index is 1.56. The summed E-state index contributed by atoms with van der Waals surface area (Å²) in [4.78, 5) is 33.6. The van der Waals surface area contributed by atoms with Crippen LogP contribution in [0, 0.1) is 15.9 Å². The average Bonchev–Trinajstić information content (AvgIpc) is 3.03. The third-order valence-electron chi connectivity index (χ3n) is 3.76. The van der Waals surface area contributed by atoms with E-state index >= 15 is 0 Å². The van der Waals surface area contributed by atoms with Crippen molar-refractivity contribution in [3.63, 3.8) is 0 Å². The summed E-state index contributed by atoms with van der Waals surface area (Å²) in [5.41, 5.74) is 0.135. The van der Waals surface area contributed by atoms with E-state index in [-0.39, 0.29) is 17.9 Å². The Morgan fingerprint density at radius 1 is 1.25 bits per heavy atom. The van der Waals surface area contributed by atoms with Crippen molar-refractivity contribution in [2.45, 2.75) is 6.42 Å². The molecule has 0 aliphatic carbocycles. The molecular weight excluding hydrogens is 375 g/mol. The smallest absolute Gasteiger partial charge is 0.310 e. The van der Waals surface area contributed by atoms with E-state index in [1.54, 1.807) is 6.07 Å². The first kappa shape index (κ1) is 18.8. The Morgan fingerprint density at radius 2 is 2.04 bits per heavy atom. The van der Waals surface area contributed by atoms with Gasteiger partial charge in [-0.2, -0.15) is 4.39 Å². The number of halogens is 1. The van der Waals surface area contributed by atoms with E-state index in [9.17, 15) is 29.2 Å². The van der Waals surface area contributed by atoms with Crippen LogP contribution in [0.25, 0.3) is 11.0 Å². The van der Waals surface area contributed by atoms with Crippen molar-refractivity contribution in [3.8, 4) is 5.75 Å². The number of phenols is 1. The number of esters is 1. The number of phenolic OH excluding ortho intramolecular Hbond substituents is 1. The van der Waals surface area contributed by atoms with Crippen molar-refractivity contribution in [1.29, 1.82) is 0 Å². The molecular formula is C18H13FN2O7. The van der Waals surface area contributed by atoms with Gasteiger partial charge in [0.25, 0.3) is 5.91 Å². The van der Waals surface area contributed by atoms with E-state index in [0.717, 1.165) is 18.2 Å². The van der Waals surface area contributed by atoms with Gasteiger partial charge in [0.1, 0.15) is 11.3 Å². The Hall–Kier alpha value is -3.95. The van der Waals surface area contributed by atoms with E-state index < -0.39 is 34.9 Å². The van der Waals surface area contributed by atoms with Gasteiger partial charge in [0, 0.05) is 28.8 Å². The van der Waals surface area contributed by atoms with Crippen molar-refractivity contribution >= 4 is 34.2 Å². The van der Waals surface area contributed by atoms with Gasteiger partial charge >= 0.3 is 11.7 Å². The van der Waals surface area contributed by atoms with Crippen LogP contribution in [-0.4, -0.2) is 28.5 Å². The summed E-state index contributed by atoms with van der Waals surface area (Å²) < 4.78 is 23.4. The number of ether oxygens (including phenoxy) is 1. The van der Waals surface area contributed by atoms with Gasteiger partial charge in [-0.3, -0.25) is 19.7 Å². The number of anilines is 1. The lowest BCUT2D eigenvalue weighted by atomic mass is 10.1. The van der Waals surface area contributed by atoms with Crippen LogP contribution in [0.15, 0.2) is 47.1 Å². The molecule has 2 aromatic carbocycles. The van der Waals surface area contributed by atoms with Gasteiger partial charge < -0.3 is 19.6 Å². The Labute approximate surface area is 156 Å². The molecule has 2 N–H and O–H groups in total. The normalized spacial score (nSPS) is 10.6. The van der Waals surface area contributed by atoms with Crippen molar-refractivity contribution in [2.24, 2.45) is 0 Å². The van der Waals surface area contributed by atoms with Crippen LogP contribution in [0.3, 0.4) is 0 Å². The first-order chi connectivity index (χ1) is 13.3. The molecule has 0 spiro atoms. The second-order valence-electron chi connectivity index (χ2n) is 5.75. The van der Waals surface area contributed by atoms with Crippen molar-refractivity contribution < 1.29 is 33.2 Å². The van der Waals surface area contributed by atoms with Crippen LogP contribution in [0.1, 0.15) is 5.56 Å². The third kappa shape index (κ3) is 4.23. The van der Waals surface area contributed by atoms with Crippen LogP contribution in [-0.2, 0) is 20.7 Å². The van der Waals surface area contributed by atoms with Crippen molar-refractivity contribution in [3.05, 3.63) is 64.2 Å². The molecule has 0 saturated carbocycles. The molecule has 1 amide bonds. The van der Waals surface area contributed by atoms with E-state index in [2.05, 4.69) is 5.32 Å². The maximum absolute atomic E-state index is 13.3. The zero-order valence-electron chi connectivity index (χ0n) is 14.2. The summed E-state index contributed by atoms with van der Waals surface area (Å²) in [5.74, 6) is -2.45. The van der Waals surface area contributed by atoms with Gasteiger partial charge in [-0.15, -0.1) is 0 Å². The molecule has 0 aliphatic rings. The molecule has 144 valence electrons. The lowest BCUT2D eigenvalue weighted by Crippen LogP contribution is -2.21. The van der Waals surface area contributed by atoms with Crippen LogP contribution in [0.2, 0.25) is 0 Å². The summed E-state index contributed by atoms with van der Waals surface area (Å²) in [7, 11) is 0. The highest BCUT2D eigenvalue weighted by Crippen LogP contribution is 2.25. The number of amides is 1. The molecule has 3 rings (SSSR count). The van der Waals surface area contributed by atoms with Gasteiger partial charge in [0.15, 0.2) is 6.61 Å². The molecule has 1 heterocycles.